The Labute approximate surface area is 176 Å². The SMILES string of the molecule is Cc1nc2c3ccccc3nn2c(C)c1CCC(=O)NC1CCN(S(C)(=O)=O)CC1. The fourth-order valence-electron chi connectivity index (χ4n) is 4.21. The second kappa shape index (κ2) is 7.96. The van der Waals surface area contributed by atoms with E-state index in [-0.39, 0.29) is 11.9 Å². The van der Waals surface area contributed by atoms with Crippen molar-refractivity contribution in [2.75, 3.05) is 19.3 Å². The lowest BCUT2D eigenvalue weighted by molar-refractivity contribution is -0.122. The third-order valence-electron chi connectivity index (χ3n) is 5.91. The molecule has 1 N–H and O–H groups in total. The normalized spacial score (nSPS) is 16.4. The number of fused-ring (bicyclic) bond motifs is 3. The van der Waals surface area contributed by atoms with Crippen LogP contribution in [0.4, 0.5) is 0 Å². The van der Waals surface area contributed by atoms with E-state index in [1.165, 1.54) is 10.6 Å². The molecule has 0 radical (unpaired) electrons. The number of benzene rings is 1. The molecule has 2 aromatic heterocycles. The molecule has 0 bridgehead atoms. The molecular formula is C21H27N5O3S. The number of piperidine rings is 1. The van der Waals surface area contributed by atoms with Crippen LogP contribution in [-0.4, -0.2) is 58.6 Å². The molecule has 1 saturated heterocycles. The Morgan fingerprint density at radius 3 is 2.60 bits per heavy atom. The molecule has 1 aliphatic heterocycles. The predicted octanol–water partition coefficient (Wildman–Crippen LogP) is 1.97. The Morgan fingerprint density at radius 2 is 1.90 bits per heavy atom. The number of carbonyl (C=O) groups is 1. The summed E-state index contributed by atoms with van der Waals surface area (Å²) in [5.41, 5.74) is 4.70. The fourth-order valence-corrected chi connectivity index (χ4v) is 5.08. The van der Waals surface area contributed by atoms with Crippen molar-refractivity contribution >= 4 is 32.5 Å². The van der Waals surface area contributed by atoms with Gasteiger partial charge in [0.05, 0.1) is 11.8 Å². The average molecular weight is 430 g/mol. The molecule has 1 fully saturated rings. The van der Waals surface area contributed by atoms with Gasteiger partial charge in [0.15, 0.2) is 5.65 Å². The highest BCUT2D eigenvalue weighted by Crippen LogP contribution is 2.23. The average Bonchev–Trinajstić information content (AvgIpc) is 3.06. The number of rotatable bonds is 5. The Morgan fingerprint density at radius 1 is 1.20 bits per heavy atom. The molecule has 1 amide bonds. The molecule has 0 aliphatic carbocycles. The molecule has 0 spiro atoms. The summed E-state index contributed by atoms with van der Waals surface area (Å²) in [6, 6.07) is 7.96. The number of hydrogen-bond acceptors (Lipinski definition) is 5. The Hall–Kier alpha value is -2.52. The number of amides is 1. The molecule has 3 heterocycles. The van der Waals surface area contributed by atoms with Crippen LogP contribution < -0.4 is 5.32 Å². The topological polar surface area (TPSA) is 96.7 Å². The molecule has 0 atom stereocenters. The molecule has 1 aliphatic rings. The van der Waals surface area contributed by atoms with Crippen molar-refractivity contribution in [1.82, 2.24) is 24.2 Å². The number of nitrogens with zero attached hydrogens (tertiary/aromatic N) is 4. The van der Waals surface area contributed by atoms with Gasteiger partial charge in [0.25, 0.3) is 0 Å². The van der Waals surface area contributed by atoms with Crippen LogP contribution in [-0.2, 0) is 21.2 Å². The van der Waals surface area contributed by atoms with Crippen molar-refractivity contribution in [2.24, 2.45) is 0 Å². The molecule has 160 valence electrons. The Kier molecular flexibility index (Phi) is 5.50. The highest BCUT2D eigenvalue weighted by atomic mass is 32.2. The molecule has 4 rings (SSSR count). The summed E-state index contributed by atoms with van der Waals surface area (Å²) in [5, 5.41) is 8.74. The molecule has 9 heteroatoms. The zero-order valence-corrected chi connectivity index (χ0v) is 18.4. The van der Waals surface area contributed by atoms with Crippen LogP contribution in [0.1, 0.15) is 36.2 Å². The first-order valence-electron chi connectivity index (χ1n) is 10.2. The van der Waals surface area contributed by atoms with E-state index in [9.17, 15) is 13.2 Å². The number of nitrogens with one attached hydrogen (secondary N) is 1. The quantitative estimate of drug-likeness (QED) is 0.669. The van der Waals surface area contributed by atoms with Crippen LogP contribution in [0.15, 0.2) is 24.3 Å². The van der Waals surface area contributed by atoms with E-state index in [4.69, 9.17) is 4.98 Å². The van der Waals surface area contributed by atoms with Gasteiger partial charge in [0.2, 0.25) is 15.9 Å². The van der Waals surface area contributed by atoms with Crippen LogP contribution in [0.5, 0.6) is 0 Å². The number of hydrogen-bond donors (Lipinski definition) is 1. The Balaban J connectivity index is 1.42. The summed E-state index contributed by atoms with van der Waals surface area (Å²) in [5.74, 6) is -0.0164. The number of carbonyl (C=O) groups excluding carboxylic acids is 1. The molecule has 1 aromatic carbocycles. The van der Waals surface area contributed by atoms with Crippen LogP contribution in [0, 0.1) is 13.8 Å². The molecule has 0 unspecified atom stereocenters. The lowest BCUT2D eigenvalue weighted by atomic mass is 10.0. The van der Waals surface area contributed by atoms with Gasteiger partial charge in [0.1, 0.15) is 0 Å². The Bertz CT molecular complexity index is 1210. The van der Waals surface area contributed by atoms with Gasteiger partial charge < -0.3 is 5.32 Å². The van der Waals surface area contributed by atoms with E-state index >= 15 is 0 Å². The minimum atomic E-state index is -3.16. The van der Waals surface area contributed by atoms with Crippen molar-refractivity contribution in [3.05, 3.63) is 41.2 Å². The summed E-state index contributed by atoms with van der Waals surface area (Å²) in [6.45, 7) is 4.90. The standard InChI is InChI=1S/C21H27N5O3S/c1-14-17(15(2)26-21(22-14)18-6-4-5-7-19(18)24-26)8-9-20(27)23-16-10-12-25(13-11-16)30(3,28)29/h4-7,16H,8-13H2,1-3H3,(H,23,27). The summed E-state index contributed by atoms with van der Waals surface area (Å²) < 4.78 is 26.6. The van der Waals surface area contributed by atoms with Gasteiger partial charge in [-0.1, -0.05) is 12.1 Å². The minimum Gasteiger partial charge on any atom is -0.353 e. The number of aryl methyl sites for hydroxylation is 2. The molecule has 0 saturated carbocycles. The monoisotopic (exact) mass is 429 g/mol. The van der Waals surface area contributed by atoms with E-state index in [2.05, 4.69) is 10.4 Å². The lowest BCUT2D eigenvalue weighted by Crippen LogP contribution is -2.46. The fraction of sp³-hybridized carbons (Fsp3) is 0.476. The molecule has 8 nitrogen and oxygen atoms in total. The third kappa shape index (κ3) is 4.04. The second-order valence-electron chi connectivity index (χ2n) is 8.02. The second-order valence-corrected chi connectivity index (χ2v) is 10.0. The summed E-state index contributed by atoms with van der Waals surface area (Å²) in [7, 11) is -3.16. The lowest BCUT2D eigenvalue weighted by Gasteiger charge is -2.30. The summed E-state index contributed by atoms with van der Waals surface area (Å²) in [4.78, 5) is 17.3. The van der Waals surface area contributed by atoms with Crippen molar-refractivity contribution in [2.45, 2.75) is 45.6 Å². The van der Waals surface area contributed by atoms with Gasteiger partial charge >= 0.3 is 0 Å². The summed E-state index contributed by atoms with van der Waals surface area (Å²) in [6.07, 6.45) is 3.46. The first-order valence-corrected chi connectivity index (χ1v) is 12.1. The first-order chi connectivity index (χ1) is 14.2. The maximum atomic E-state index is 12.5. The predicted molar refractivity (Wildman–Crippen MR) is 116 cm³/mol. The van der Waals surface area contributed by atoms with Crippen LogP contribution in [0.25, 0.3) is 16.6 Å². The van der Waals surface area contributed by atoms with Gasteiger partial charge in [-0.25, -0.2) is 22.2 Å². The van der Waals surface area contributed by atoms with Gasteiger partial charge in [-0.2, -0.15) is 5.10 Å². The van der Waals surface area contributed by atoms with Gasteiger partial charge in [-0.3, -0.25) is 4.79 Å². The van der Waals surface area contributed by atoms with Crippen LogP contribution in [0.2, 0.25) is 0 Å². The largest absolute Gasteiger partial charge is 0.353 e. The van der Waals surface area contributed by atoms with E-state index in [0.29, 0.717) is 38.8 Å². The smallest absolute Gasteiger partial charge is 0.220 e. The highest BCUT2D eigenvalue weighted by Gasteiger charge is 2.25. The molecular weight excluding hydrogens is 402 g/mol. The van der Waals surface area contributed by atoms with Gasteiger partial charge in [-0.15, -0.1) is 0 Å². The first kappa shape index (κ1) is 20.7. The van der Waals surface area contributed by atoms with Crippen molar-refractivity contribution < 1.29 is 13.2 Å². The van der Waals surface area contributed by atoms with Crippen molar-refractivity contribution in [3.8, 4) is 0 Å². The van der Waals surface area contributed by atoms with Gasteiger partial charge in [-0.05, 0) is 50.8 Å². The van der Waals surface area contributed by atoms with E-state index in [0.717, 1.165) is 33.5 Å². The van der Waals surface area contributed by atoms with E-state index < -0.39 is 10.0 Å². The van der Waals surface area contributed by atoms with Gasteiger partial charge in [0, 0.05) is 42.3 Å². The van der Waals surface area contributed by atoms with E-state index in [1.54, 1.807) is 0 Å². The van der Waals surface area contributed by atoms with E-state index in [1.807, 2.05) is 42.6 Å². The van der Waals surface area contributed by atoms with Crippen molar-refractivity contribution in [1.29, 1.82) is 0 Å². The third-order valence-corrected chi connectivity index (χ3v) is 7.21. The maximum Gasteiger partial charge on any atom is 0.220 e. The molecule has 3 aromatic rings. The van der Waals surface area contributed by atoms with Crippen LogP contribution >= 0.6 is 0 Å². The minimum absolute atomic E-state index is 0.0164. The number of sulfonamides is 1. The number of aromatic nitrogens is 3. The zero-order chi connectivity index (χ0) is 21.5. The maximum absolute atomic E-state index is 12.5. The summed E-state index contributed by atoms with van der Waals surface area (Å²) >= 11 is 0. The van der Waals surface area contributed by atoms with Crippen LogP contribution in [0.3, 0.4) is 0 Å². The van der Waals surface area contributed by atoms with Crippen molar-refractivity contribution in [3.63, 3.8) is 0 Å². The molecule has 30 heavy (non-hydrogen) atoms. The zero-order valence-electron chi connectivity index (χ0n) is 17.6. The highest BCUT2D eigenvalue weighted by molar-refractivity contribution is 7.88.